The van der Waals surface area contributed by atoms with Crippen molar-refractivity contribution in [1.29, 1.82) is 0 Å². The molecular weight excluding hydrogens is 392 g/mol. The highest BCUT2D eigenvalue weighted by Crippen LogP contribution is 2.24. The van der Waals surface area contributed by atoms with Crippen LogP contribution in [0.1, 0.15) is 27.9 Å². The zero-order valence-corrected chi connectivity index (χ0v) is 17.9. The predicted octanol–water partition coefficient (Wildman–Crippen LogP) is 3.84. The van der Waals surface area contributed by atoms with Crippen LogP contribution in [-0.4, -0.2) is 22.2 Å². The number of anilines is 1. The summed E-state index contributed by atoms with van der Waals surface area (Å²) in [6, 6.07) is 24.5. The van der Waals surface area contributed by atoms with E-state index in [1.165, 1.54) is 10.4 Å². The van der Waals surface area contributed by atoms with E-state index >= 15 is 0 Å². The Balaban J connectivity index is 1.48. The molecule has 0 fully saturated rings. The van der Waals surface area contributed by atoms with Crippen LogP contribution in [0.5, 0.6) is 0 Å². The minimum atomic E-state index is -0.0358. The third-order valence-corrected chi connectivity index (χ3v) is 6.06. The Morgan fingerprint density at radius 3 is 2.40 bits per heavy atom. The van der Waals surface area contributed by atoms with Gasteiger partial charge in [0.25, 0.3) is 5.91 Å². The standard InChI is InChI=1S/C24H24N4OS/c1-17-23(18(2)28(27-17)20-12-7-4-8-13-20)26-22(29)16-25-24(21-14-9-15-30-21)19-10-5-3-6-11-19/h3-15,24-25H,16H2,1-2H3,(H,26,29)/p+1/t24-/m1/s1. The minimum Gasteiger partial charge on any atom is -0.328 e. The number of rotatable bonds is 7. The van der Waals surface area contributed by atoms with Crippen molar-refractivity contribution in [2.75, 3.05) is 11.9 Å². The van der Waals surface area contributed by atoms with Crippen LogP contribution >= 0.6 is 11.3 Å². The Labute approximate surface area is 180 Å². The molecule has 6 heteroatoms. The summed E-state index contributed by atoms with van der Waals surface area (Å²) in [6.07, 6.45) is 0. The summed E-state index contributed by atoms with van der Waals surface area (Å²) in [5.41, 5.74) is 4.68. The Morgan fingerprint density at radius 2 is 1.73 bits per heavy atom. The number of aromatic nitrogens is 2. The number of quaternary nitrogens is 1. The van der Waals surface area contributed by atoms with Gasteiger partial charge in [0, 0.05) is 5.56 Å². The summed E-state index contributed by atoms with van der Waals surface area (Å²) < 4.78 is 1.87. The number of para-hydroxylation sites is 1. The van der Waals surface area contributed by atoms with Crippen molar-refractivity contribution in [3.63, 3.8) is 0 Å². The highest BCUT2D eigenvalue weighted by Gasteiger charge is 2.21. The molecule has 0 spiro atoms. The van der Waals surface area contributed by atoms with E-state index in [-0.39, 0.29) is 11.9 Å². The van der Waals surface area contributed by atoms with Gasteiger partial charge in [0.15, 0.2) is 6.54 Å². The summed E-state index contributed by atoms with van der Waals surface area (Å²) in [6.45, 7) is 4.22. The van der Waals surface area contributed by atoms with Crippen LogP contribution in [0.3, 0.4) is 0 Å². The maximum atomic E-state index is 12.8. The van der Waals surface area contributed by atoms with Gasteiger partial charge in [-0.05, 0) is 37.4 Å². The average Bonchev–Trinajstić information content (AvgIpc) is 3.40. The SMILES string of the molecule is Cc1nn(-c2ccccc2)c(C)c1NC(=O)C[NH2+][C@H](c1ccccc1)c1cccs1. The summed E-state index contributed by atoms with van der Waals surface area (Å²) in [7, 11) is 0. The van der Waals surface area contributed by atoms with E-state index in [2.05, 4.69) is 45.4 Å². The lowest BCUT2D eigenvalue weighted by Crippen LogP contribution is -2.87. The highest BCUT2D eigenvalue weighted by molar-refractivity contribution is 7.10. The van der Waals surface area contributed by atoms with Crippen molar-refractivity contribution in [2.45, 2.75) is 19.9 Å². The normalized spacial score (nSPS) is 11.9. The monoisotopic (exact) mass is 417 g/mol. The molecular formula is C24H25N4OS+. The second-order valence-corrected chi connectivity index (χ2v) is 8.16. The number of thiophene rings is 1. The van der Waals surface area contributed by atoms with Gasteiger partial charge < -0.3 is 10.6 Å². The van der Waals surface area contributed by atoms with E-state index in [0.29, 0.717) is 6.54 Å². The lowest BCUT2D eigenvalue weighted by molar-refractivity contribution is -0.675. The van der Waals surface area contributed by atoms with Crippen molar-refractivity contribution >= 4 is 22.9 Å². The molecule has 4 rings (SSSR count). The third kappa shape index (κ3) is 4.35. The molecule has 2 aromatic heterocycles. The van der Waals surface area contributed by atoms with Gasteiger partial charge in [0.2, 0.25) is 0 Å². The first-order valence-electron chi connectivity index (χ1n) is 9.96. The van der Waals surface area contributed by atoms with Crippen LogP contribution in [0.2, 0.25) is 0 Å². The van der Waals surface area contributed by atoms with E-state index in [4.69, 9.17) is 0 Å². The number of hydrogen-bond acceptors (Lipinski definition) is 3. The lowest BCUT2D eigenvalue weighted by atomic mass is 10.1. The van der Waals surface area contributed by atoms with Gasteiger partial charge in [0.05, 0.1) is 27.6 Å². The minimum absolute atomic E-state index is 0.0358. The van der Waals surface area contributed by atoms with Gasteiger partial charge in [0.1, 0.15) is 6.04 Å². The number of carbonyl (C=O) groups excluding carboxylic acids is 1. The van der Waals surface area contributed by atoms with E-state index in [1.807, 2.05) is 67.1 Å². The summed E-state index contributed by atoms with van der Waals surface area (Å²) in [5.74, 6) is -0.0358. The molecule has 1 atom stereocenters. The molecule has 0 aliphatic heterocycles. The number of carbonyl (C=O) groups is 1. The number of aryl methyl sites for hydroxylation is 1. The molecule has 0 unspecified atom stereocenters. The van der Waals surface area contributed by atoms with Crippen LogP contribution in [0.15, 0.2) is 78.2 Å². The van der Waals surface area contributed by atoms with Crippen LogP contribution in [0.4, 0.5) is 5.69 Å². The summed E-state index contributed by atoms with van der Waals surface area (Å²) in [5, 5.41) is 11.8. The fourth-order valence-electron chi connectivity index (χ4n) is 3.60. The van der Waals surface area contributed by atoms with Gasteiger partial charge in [-0.25, -0.2) is 4.68 Å². The molecule has 0 saturated carbocycles. The highest BCUT2D eigenvalue weighted by atomic mass is 32.1. The Morgan fingerprint density at radius 1 is 1.03 bits per heavy atom. The van der Waals surface area contributed by atoms with E-state index in [1.54, 1.807) is 11.3 Å². The van der Waals surface area contributed by atoms with Crippen molar-refractivity contribution in [1.82, 2.24) is 9.78 Å². The zero-order chi connectivity index (χ0) is 20.9. The van der Waals surface area contributed by atoms with Crippen LogP contribution in [-0.2, 0) is 4.79 Å². The van der Waals surface area contributed by atoms with Crippen LogP contribution in [0.25, 0.3) is 5.69 Å². The Bertz CT molecular complexity index is 1110. The molecule has 0 radical (unpaired) electrons. The fraction of sp³-hybridized carbons (Fsp3) is 0.167. The quantitative estimate of drug-likeness (QED) is 0.480. The van der Waals surface area contributed by atoms with Gasteiger partial charge in [-0.2, -0.15) is 5.10 Å². The first-order valence-corrected chi connectivity index (χ1v) is 10.8. The van der Waals surface area contributed by atoms with Gasteiger partial charge in [-0.15, -0.1) is 11.3 Å². The van der Waals surface area contributed by atoms with E-state index < -0.39 is 0 Å². The maximum absolute atomic E-state index is 12.8. The van der Waals surface area contributed by atoms with Crippen molar-refractivity contribution in [3.05, 3.63) is 100 Å². The largest absolute Gasteiger partial charge is 0.328 e. The van der Waals surface area contributed by atoms with Gasteiger partial charge in [-0.3, -0.25) is 4.79 Å². The molecule has 3 N–H and O–H groups in total. The zero-order valence-electron chi connectivity index (χ0n) is 17.1. The number of benzene rings is 2. The second kappa shape index (κ2) is 9.07. The molecule has 0 saturated heterocycles. The summed E-state index contributed by atoms with van der Waals surface area (Å²) in [4.78, 5) is 14.0. The molecule has 152 valence electrons. The van der Waals surface area contributed by atoms with E-state index in [0.717, 1.165) is 22.8 Å². The number of nitrogens with two attached hydrogens (primary N) is 1. The Hall–Kier alpha value is -3.22. The topological polar surface area (TPSA) is 63.5 Å². The number of nitrogens with one attached hydrogen (secondary N) is 1. The first-order chi connectivity index (χ1) is 14.6. The van der Waals surface area contributed by atoms with Crippen molar-refractivity contribution < 1.29 is 10.1 Å². The first kappa shape index (κ1) is 20.1. The van der Waals surface area contributed by atoms with Gasteiger partial charge >= 0.3 is 0 Å². The smallest absolute Gasteiger partial charge is 0.279 e. The second-order valence-electron chi connectivity index (χ2n) is 7.18. The third-order valence-electron chi connectivity index (χ3n) is 5.10. The molecule has 0 aliphatic carbocycles. The predicted molar refractivity (Wildman–Crippen MR) is 121 cm³/mol. The average molecular weight is 418 g/mol. The fourth-order valence-corrected chi connectivity index (χ4v) is 4.45. The number of hydrogen-bond donors (Lipinski definition) is 2. The molecule has 0 bridgehead atoms. The molecule has 0 aliphatic rings. The molecule has 30 heavy (non-hydrogen) atoms. The summed E-state index contributed by atoms with van der Waals surface area (Å²) >= 11 is 1.71. The Kier molecular flexibility index (Phi) is 6.07. The molecule has 5 nitrogen and oxygen atoms in total. The molecule has 1 amide bonds. The number of nitrogens with zero attached hydrogens (tertiary/aromatic N) is 2. The lowest BCUT2D eigenvalue weighted by Gasteiger charge is -2.15. The van der Waals surface area contributed by atoms with Crippen molar-refractivity contribution in [3.8, 4) is 5.69 Å². The van der Waals surface area contributed by atoms with Gasteiger partial charge in [-0.1, -0.05) is 54.6 Å². The van der Waals surface area contributed by atoms with Crippen LogP contribution in [0, 0.1) is 13.8 Å². The maximum Gasteiger partial charge on any atom is 0.279 e. The molecule has 4 aromatic rings. The molecule has 2 heterocycles. The molecule has 2 aromatic carbocycles. The van der Waals surface area contributed by atoms with Crippen LogP contribution < -0.4 is 10.6 Å². The van der Waals surface area contributed by atoms with E-state index in [9.17, 15) is 4.79 Å². The number of amides is 1. The van der Waals surface area contributed by atoms with Crippen molar-refractivity contribution in [2.24, 2.45) is 0 Å².